The summed E-state index contributed by atoms with van der Waals surface area (Å²) in [5, 5.41) is 3.24. The molecule has 2 rings (SSSR count). The third-order valence-corrected chi connectivity index (χ3v) is 2.97. The van der Waals surface area contributed by atoms with Crippen LogP contribution in [0.25, 0.3) is 0 Å². The van der Waals surface area contributed by atoms with Gasteiger partial charge in [0.15, 0.2) is 0 Å². The van der Waals surface area contributed by atoms with E-state index in [4.69, 9.17) is 17.3 Å². The van der Waals surface area contributed by atoms with Gasteiger partial charge in [0.25, 0.3) is 5.91 Å². The van der Waals surface area contributed by atoms with Crippen LogP contribution in [0.1, 0.15) is 23.0 Å². The molecule has 0 aliphatic carbocycles. The lowest BCUT2D eigenvalue weighted by atomic mass is 10.1. The van der Waals surface area contributed by atoms with Crippen LogP contribution < -0.4 is 11.1 Å². The molecule has 2 aromatic rings. The highest BCUT2D eigenvalue weighted by atomic mass is 35.5. The first-order valence-electron chi connectivity index (χ1n) is 5.91. The highest BCUT2D eigenvalue weighted by molar-refractivity contribution is 6.30. The maximum Gasteiger partial charge on any atom is 0.274 e. The Labute approximate surface area is 116 Å². The Morgan fingerprint density at radius 3 is 2.74 bits per heavy atom. The van der Waals surface area contributed by atoms with Gasteiger partial charge >= 0.3 is 0 Å². The molecule has 0 unspecified atom stereocenters. The van der Waals surface area contributed by atoms with Gasteiger partial charge < -0.3 is 11.1 Å². The number of amides is 1. The van der Waals surface area contributed by atoms with Crippen molar-refractivity contribution in [1.29, 1.82) is 0 Å². The van der Waals surface area contributed by atoms with E-state index in [1.807, 2.05) is 19.1 Å². The van der Waals surface area contributed by atoms with Crippen LogP contribution in [0.3, 0.4) is 0 Å². The number of nitrogens with zero attached hydrogens (tertiary/aromatic N) is 1. The third kappa shape index (κ3) is 3.23. The number of halogens is 1. The number of carbonyl (C=O) groups excluding carboxylic acids is 1. The molecule has 0 atom stereocenters. The van der Waals surface area contributed by atoms with Gasteiger partial charge in [-0.15, -0.1) is 0 Å². The molecule has 0 aliphatic heterocycles. The van der Waals surface area contributed by atoms with E-state index in [0.717, 1.165) is 12.0 Å². The maximum atomic E-state index is 11.9. The fourth-order valence-corrected chi connectivity index (χ4v) is 1.81. The number of benzene rings is 1. The van der Waals surface area contributed by atoms with Gasteiger partial charge in [0.1, 0.15) is 5.69 Å². The molecule has 3 N–H and O–H groups in total. The first kappa shape index (κ1) is 13.4. The predicted octanol–water partition coefficient (Wildman–Crippen LogP) is 3.13. The minimum atomic E-state index is -0.291. The standard InChI is InChI=1S/C14H14ClN3O/c1-2-9-3-5-11(7-12(9)16)18-14(19)13-6-4-10(15)8-17-13/h3-8H,2,16H2,1H3,(H,18,19). The lowest BCUT2D eigenvalue weighted by Crippen LogP contribution is -2.13. The number of hydrogen-bond acceptors (Lipinski definition) is 3. The van der Waals surface area contributed by atoms with E-state index in [-0.39, 0.29) is 5.91 Å². The van der Waals surface area contributed by atoms with Crippen LogP contribution in [0.2, 0.25) is 5.02 Å². The Kier molecular flexibility index (Phi) is 4.02. The number of carbonyl (C=O) groups is 1. The van der Waals surface area contributed by atoms with Crippen LogP contribution in [0.15, 0.2) is 36.5 Å². The van der Waals surface area contributed by atoms with Crippen molar-refractivity contribution in [1.82, 2.24) is 4.98 Å². The Morgan fingerprint density at radius 1 is 1.37 bits per heavy atom. The number of hydrogen-bond donors (Lipinski definition) is 2. The zero-order valence-corrected chi connectivity index (χ0v) is 11.2. The second-order valence-corrected chi connectivity index (χ2v) is 4.52. The molecule has 4 nitrogen and oxygen atoms in total. The van der Waals surface area contributed by atoms with Gasteiger partial charge in [0, 0.05) is 17.6 Å². The molecular formula is C14H14ClN3O. The number of anilines is 2. The summed E-state index contributed by atoms with van der Waals surface area (Å²) in [5.41, 5.74) is 8.57. The highest BCUT2D eigenvalue weighted by Gasteiger charge is 2.08. The summed E-state index contributed by atoms with van der Waals surface area (Å²) in [6.45, 7) is 2.03. The van der Waals surface area contributed by atoms with Crippen molar-refractivity contribution < 1.29 is 4.79 Å². The first-order valence-corrected chi connectivity index (χ1v) is 6.29. The third-order valence-electron chi connectivity index (χ3n) is 2.74. The number of pyridine rings is 1. The molecule has 0 saturated carbocycles. The fraction of sp³-hybridized carbons (Fsp3) is 0.143. The highest BCUT2D eigenvalue weighted by Crippen LogP contribution is 2.19. The van der Waals surface area contributed by atoms with Crippen molar-refractivity contribution in [3.8, 4) is 0 Å². The average Bonchev–Trinajstić information content (AvgIpc) is 2.39. The summed E-state index contributed by atoms with van der Waals surface area (Å²) in [7, 11) is 0. The van der Waals surface area contributed by atoms with Crippen molar-refractivity contribution in [3.05, 3.63) is 52.8 Å². The molecule has 0 fully saturated rings. The van der Waals surface area contributed by atoms with Gasteiger partial charge in [-0.2, -0.15) is 0 Å². The molecule has 19 heavy (non-hydrogen) atoms. The second-order valence-electron chi connectivity index (χ2n) is 4.08. The monoisotopic (exact) mass is 275 g/mol. The van der Waals surface area contributed by atoms with Crippen LogP contribution in [0.4, 0.5) is 11.4 Å². The second kappa shape index (κ2) is 5.71. The molecule has 0 spiro atoms. The summed E-state index contributed by atoms with van der Waals surface area (Å²) < 4.78 is 0. The minimum Gasteiger partial charge on any atom is -0.398 e. The van der Waals surface area contributed by atoms with E-state index in [1.54, 1.807) is 18.2 Å². The van der Waals surface area contributed by atoms with Crippen molar-refractivity contribution in [2.75, 3.05) is 11.1 Å². The molecular weight excluding hydrogens is 262 g/mol. The quantitative estimate of drug-likeness (QED) is 0.846. The maximum absolute atomic E-state index is 11.9. The van der Waals surface area contributed by atoms with Crippen LogP contribution in [-0.2, 0) is 6.42 Å². The molecule has 0 radical (unpaired) electrons. The lowest BCUT2D eigenvalue weighted by molar-refractivity contribution is 0.102. The van der Waals surface area contributed by atoms with E-state index < -0.39 is 0 Å². The number of aryl methyl sites for hydroxylation is 1. The van der Waals surface area contributed by atoms with Crippen LogP contribution >= 0.6 is 11.6 Å². The van der Waals surface area contributed by atoms with Crippen molar-refractivity contribution in [2.45, 2.75) is 13.3 Å². The van der Waals surface area contributed by atoms with Crippen LogP contribution in [-0.4, -0.2) is 10.9 Å². The Bertz CT molecular complexity index is 596. The van der Waals surface area contributed by atoms with Gasteiger partial charge in [-0.25, -0.2) is 4.98 Å². The number of nitrogens with one attached hydrogen (secondary N) is 1. The molecule has 1 aromatic carbocycles. The summed E-state index contributed by atoms with van der Waals surface area (Å²) in [6.07, 6.45) is 2.30. The summed E-state index contributed by atoms with van der Waals surface area (Å²) >= 11 is 5.72. The Morgan fingerprint density at radius 2 is 2.16 bits per heavy atom. The van der Waals surface area contributed by atoms with E-state index in [1.165, 1.54) is 6.20 Å². The van der Waals surface area contributed by atoms with E-state index in [0.29, 0.717) is 22.1 Å². The summed E-state index contributed by atoms with van der Waals surface area (Å²) in [4.78, 5) is 15.9. The fourth-order valence-electron chi connectivity index (χ4n) is 1.70. The van der Waals surface area contributed by atoms with E-state index in [9.17, 15) is 4.79 Å². The summed E-state index contributed by atoms with van der Waals surface area (Å²) in [6, 6.07) is 8.66. The lowest BCUT2D eigenvalue weighted by Gasteiger charge is -2.08. The molecule has 0 saturated heterocycles. The zero-order valence-electron chi connectivity index (χ0n) is 10.5. The molecule has 1 aromatic heterocycles. The topological polar surface area (TPSA) is 68.0 Å². The average molecular weight is 276 g/mol. The molecule has 1 heterocycles. The van der Waals surface area contributed by atoms with Crippen molar-refractivity contribution in [3.63, 3.8) is 0 Å². The summed E-state index contributed by atoms with van der Waals surface area (Å²) in [5.74, 6) is -0.291. The van der Waals surface area contributed by atoms with Crippen LogP contribution in [0.5, 0.6) is 0 Å². The molecule has 1 amide bonds. The van der Waals surface area contributed by atoms with E-state index >= 15 is 0 Å². The van der Waals surface area contributed by atoms with E-state index in [2.05, 4.69) is 10.3 Å². The largest absolute Gasteiger partial charge is 0.398 e. The minimum absolute atomic E-state index is 0.291. The smallest absolute Gasteiger partial charge is 0.274 e. The molecule has 0 aliphatic rings. The number of nitrogen functional groups attached to an aromatic ring is 1. The zero-order chi connectivity index (χ0) is 13.8. The van der Waals surface area contributed by atoms with Gasteiger partial charge in [-0.05, 0) is 36.2 Å². The van der Waals surface area contributed by atoms with Crippen LogP contribution in [0, 0.1) is 0 Å². The normalized spacial score (nSPS) is 10.2. The molecule has 5 heteroatoms. The molecule has 98 valence electrons. The predicted molar refractivity (Wildman–Crippen MR) is 77.4 cm³/mol. The van der Waals surface area contributed by atoms with Gasteiger partial charge in [0.2, 0.25) is 0 Å². The Balaban J connectivity index is 2.14. The van der Waals surface area contributed by atoms with Gasteiger partial charge in [-0.3, -0.25) is 4.79 Å². The first-order chi connectivity index (χ1) is 9.10. The van der Waals surface area contributed by atoms with Crippen molar-refractivity contribution >= 4 is 28.9 Å². The van der Waals surface area contributed by atoms with Crippen molar-refractivity contribution in [2.24, 2.45) is 0 Å². The number of rotatable bonds is 3. The Hall–Kier alpha value is -2.07. The number of nitrogens with two attached hydrogens (primary N) is 1. The number of aromatic nitrogens is 1. The van der Waals surface area contributed by atoms with Gasteiger partial charge in [0.05, 0.1) is 5.02 Å². The SMILES string of the molecule is CCc1ccc(NC(=O)c2ccc(Cl)cn2)cc1N. The molecule has 0 bridgehead atoms. The van der Waals surface area contributed by atoms with Gasteiger partial charge in [-0.1, -0.05) is 24.6 Å².